The van der Waals surface area contributed by atoms with Crippen LogP contribution in [-0.2, 0) is 4.79 Å². The van der Waals surface area contributed by atoms with Gasteiger partial charge in [0, 0.05) is 13.1 Å². The second kappa shape index (κ2) is 8.17. The molecule has 0 unspecified atom stereocenters. The fourth-order valence-electron chi connectivity index (χ4n) is 2.38. The standard InChI is InChI=1S/C16H22N4O3/c1-12(18-19-16(17)22)13-5-7-14(8-6-13)23-11-15(21)20-9-3-2-4-10-20/h5-8H,2-4,9-11H2,1H3,(H3,17,19,22)/b18-12-. The third-order valence-corrected chi connectivity index (χ3v) is 3.68. The highest BCUT2D eigenvalue weighted by Crippen LogP contribution is 2.14. The van der Waals surface area contributed by atoms with Crippen molar-refractivity contribution in [1.29, 1.82) is 0 Å². The van der Waals surface area contributed by atoms with Crippen molar-refractivity contribution in [2.24, 2.45) is 10.8 Å². The van der Waals surface area contributed by atoms with Gasteiger partial charge in [0.1, 0.15) is 5.75 Å². The summed E-state index contributed by atoms with van der Waals surface area (Å²) in [6, 6.07) is 6.44. The predicted octanol–water partition coefficient (Wildman–Crippen LogP) is 1.47. The molecule has 1 aromatic carbocycles. The Morgan fingerprint density at radius 3 is 2.48 bits per heavy atom. The van der Waals surface area contributed by atoms with Crippen LogP contribution in [0, 0.1) is 0 Å². The molecule has 124 valence electrons. The Labute approximate surface area is 135 Å². The van der Waals surface area contributed by atoms with Gasteiger partial charge in [0.2, 0.25) is 0 Å². The molecule has 0 saturated carbocycles. The summed E-state index contributed by atoms with van der Waals surface area (Å²) in [6.45, 7) is 3.45. The summed E-state index contributed by atoms with van der Waals surface area (Å²) in [5.41, 5.74) is 8.59. The molecule has 3 N–H and O–H groups in total. The Morgan fingerprint density at radius 2 is 1.87 bits per heavy atom. The summed E-state index contributed by atoms with van der Waals surface area (Å²) in [6.07, 6.45) is 3.33. The third kappa shape index (κ3) is 5.28. The van der Waals surface area contributed by atoms with Crippen LogP contribution in [0.25, 0.3) is 0 Å². The van der Waals surface area contributed by atoms with Gasteiger partial charge >= 0.3 is 6.03 Å². The summed E-state index contributed by atoms with van der Waals surface area (Å²) < 4.78 is 5.53. The average molecular weight is 318 g/mol. The fourth-order valence-corrected chi connectivity index (χ4v) is 2.38. The van der Waals surface area contributed by atoms with E-state index in [4.69, 9.17) is 10.5 Å². The number of rotatable bonds is 5. The zero-order valence-electron chi connectivity index (χ0n) is 13.2. The Hall–Kier alpha value is -2.57. The monoisotopic (exact) mass is 318 g/mol. The first kappa shape index (κ1) is 16.8. The van der Waals surface area contributed by atoms with Crippen LogP contribution in [0.3, 0.4) is 0 Å². The van der Waals surface area contributed by atoms with E-state index in [2.05, 4.69) is 10.5 Å². The van der Waals surface area contributed by atoms with Gasteiger partial charge in [-0.3, -0.25) is 4.79 Å². The van der Waals surface area contributed by atoms with E-state index in [1.54, 1.807) is 19.1 Å². The number of nitrogens with one attached hydrogen (secondary N) is 1. The number of urea groups is 1. The van der Waals surface area contributed by atoms with E-state index in [9.17, 15) is 9.59 Å². The minimum atomic E-state index is -0.708. The SMILES string of the molecule is C/C(=N/NC(N)=O)c1ccc(OCC(=O)N2CCCCC2)cc1. The molecule has 0 radical (unpaired) electrons. The van der Waals surface area contributed by atoms with Crippen molar-refractivity contribution in [3.05, 3.63) is 29.8 Å². The van der Waals surface area contributed by atoms with Crippen molar-refractivity contribution in [2.75, 3.05) is 19.7 Å². The van der Waals surface area contributed by atoms with E-state index in [1.807, 2.05) is 17.0 Å². The number of amides is 3. The van der Waals surface area contributed by atoms with E-state index >= 15 is 0 Å². The highest BCUT2D eigenvalue weighted by Gasteiger charge is 2.16. The highest BCUT2D eigenvalue weighted by molar-refractivity contribution is 5.99. The Balaban J connectivity index is 1.86. The van der Waals surface area contributed by atoms with Gasteiger partial charge in [0.25, 0.3) is 5.91 Å². The number of likely N-dealkylation sites (tertiary alicyclic amines) is 1. The molecule has 3 amide bonds. The number of ether oxygens (including phenoxy) is 1. The van der Waals surface area contributed by atoms with Crippen molar-refractivity contribution < 1.29 is 14.3 Å². The Morgan fingerprint density at radius 1 is 1.22 bits per heavy atom. The van der Waals surface area contributed by atoms with Crippen LogP contribution in [0.5, 0.6) is 5.75 Å². The lowest BCUT2D eigenvalue weighted by molar-refractivity contribution is -0.134. The number of carbonyl (C=O) groups excluding carboxylic acids is 2. The zero-order valence-corrected chi connectivity index (χ0v) is 13.2. The van der Waals surface area contributed by atoms with Crippen LogP contribution >= 0.6 is 0 Å². The molecule has 1 aliphatic rings. The number of nitrogens with zero attached hydrogens (tertiary/aromatic N) is 2. The smallest absolute Gasteiger partial charge is 0.332 e. The largest absolute Gasteiger partial charge is 0.484 e. The number of hydrogen-bond acceptors (Lipinski definition) is 4. The van der Waals surface area contributed by atoms with Crippen LogP contribution in [0.2, 0.25) is 0 Å². The number of primary amides is 1. The Bertz CT molecular complexity index is 577. The minimum Gasteiger partial charge on any atom is -0.484 e. The summed E-state index contributed by atoms with van der Waals surface area (Å²) in [5, 5.41) is 3.85. The van der Waals surface area contributed by atoms with E-state index in [1.165, 1.54) is 6.42 Å². The number of piperidine rings is 1. The summed E-state index contributed by atoms with van der Waals surface area (Å²) in [7, 11) is 0. The Kier molecular flexibility index (Phi) is 5.96. The molecule has 1 saturated heterocycles. The van der Waals surface area contributed by atoms with Gasteiger partial charge in [-0.2, -0.15) is 5.10 Å². The number of benzene rings is 1. The van der Waals surface area contributed by atoms with Crippen molar-refractivity contribution >= 4 is 17.6 Å². The van der Waals surface area contributed by atoms with Gasteiger partial charge in [-0.05, 0) is 56.0 Å². The molecule has 1 aromatic rings. The maximum absolute atomic E-state index is 12.0. The van der Waals surface area contributed by atoms with Crippen LogP contribution in [0.1, 0.15) is 31.7 Å². The molecule has 0 bridgehead atoms. The third-order valence-electron chi connectivity index (χ3n) is 3.68. The number of hydrazone groups is 1. The van der Waals surface area contributed by atoms with Gasteiger partial charge in [0.15, 0.2) is 6.61 Å². The van der Waals surface area contributed by atoms with Gasteiger partial charge in [-0.1, -0.05) is 0 Å². The normalized spacial score (nSPS) is 15.2. The maximum Gasteiger partial charge on any atom is 0.332 e. The first-order chi connectivity index (χ1) is 11.1. The van der Waals surface area contributed by atoms with Crippen LogP contribution in [-0.4, -0.2) is 42.2 Å². The first-order valence-corrected chi connectivity index (χ1v) is 7.67. The second-order valence-electron chi connectivity index (χ2n) is 5.43. The van der Waals surface area contributed by atoms with Crippen molar-refractivity contribution in [1.82, 2.24) is 10.3 Å². The topological polar surface area (TPSA) is 97.0 Å². The number of nitrogens with two attached hydrogens (primary N) is 1. The summed E-state index contributed by atoms with van der Waals surface area (Å²) >= 11 is 0. The molecular weight excluding hydrogens is 296 g/mol. The molecule has 2 rings (SSSR count). The van der Waals surface area contributed by atoms with Crippen molar-refractivity contribution in [2.45, 2.75) is 26.2 Å². The maximum atomic E-state index is 12.0. The lowest BCUT2D eigenvalue weighted by Crippen LogP contribution is -2.38. The molecule has 7 nitrogen and oxygen atoms in total. The highest BCUT2D eigenvalue weighted by atomic mass is 16.5. The van der Waals surface area contributed by atoms with E-state index < -0.39 is 6.03 Å². The predicted molar refractivity (Wildman–Crippen MR) is 87.3 cm³/mol. The zero-order chi connectivity index (χ0) is 16.7. The van der Waals surface area contributed by atoms with Crippen molar-refractivity contribution in [3.8, 4) is 5.75 Å². The van der Waals surface area contributed by atoms with Crippen LogP contribution < -0.4 is 15.9 Å². The molecule has 0 aromatic heterocycles. The molecule has 0 aliphatic carbocycles. The fraction of sp³-hybridized carbons (Fsp3) is 0.438. The van der Waals surface area contributed by atoms with E-state index in [0.29, 0.717) is 11.5 Å². The van der Waals surface area contributed by atoms with Crippen LogP contribution in [0.15, 0.2) is 29.4 Å². The first-order valence-electron chi connectivity index (χ1n) is 7.67. The lowest BCUT2D eigenvalue weighted by Gasteiger charge is -2.26. The average Bonchev–Trinajstić information content (AvgIpc) is 2.58. The number of hydrogen-bond donors (Lipinski definition) is 2. The van der Waals surface area contributed by atoms with Gasteiger partial charge < -0.3 is 15.4 Å². The molecule has 1 aliphatic heterocycles. The molecule has 23 heavy (non-hydrogen) atoms. The minimum absolute atomic E-state index is 0.0252. The quantitative estimate of drug-likeness (QED) is 0.635. The van der Waals surface area contributed by atoms with Gasteiger partial charge in [-0.15, -0.1) is 0 Å². The van der Waals surface area contributed by atoms with Crippen LogP contribution in [0.4, 0.5) is 4.79 Å². The molecule has 7 heteroatoms. The summed E-state index contributed by atoms with van der Waals surface area (Å²) in [5.74, 6) is 0.645. The molecule has 1 fully saturated rings. The lowest BCUT2D eigenvalue weighted by atomic mass is 10.1. The van der Waals surface area contributed by atoms with E-state index in [-0.39, 0.29) is 12.5 Å². The number of carbonyl (C=O) groups is 2. The van der Waals surface area contributed by atoms with E-state index in [0.717, 1.165) is 31.5 Å². The molecule has 0 spiro atoms. The summed E-state index contributed by atoms with van der Waals surface area (Å²) in [4.78, 5) is 24.5. The second-order valence-corrected chi connectivity index (χ2v) is 5.43. The molecular formula is C16H22N4O3. The van der Waals surface area contributed by atoms with Gasteiger partial charge in [0.05, 0.1) is 5.71 Å². The van der Waals surface area contributed by atoms with Gasteiger partial charge in [-0.25, -0.2) is 10.2 Å². The molecule has 1 heterocycles. The van der Waals surface area contributed by atoms with Crippen molar-refractivity contribution in [3.63, 3.8) is 0 Å². The molecule has 0 atom stereocenters.